The zero-order valence-electron chi connectivity index (χ0n) is 10.6. The highest BCUT2D eigenvalue weighted by atomic mass is 16.5. The van der Waals surface area contributed by atoms with Gasteiger partial charge in [0.2, 0.25) is 6.41 Å². The molecule has 106 valence electrons. The lowest BCUT2D eigenvalue weighted by atomic mass is 9.99. The number of carbonyl (C=O) groups excluding carboxylic acids is 2. The van der Waals surface area contributed by atoms with Gasteiger partial charge in [0.15, 0.2) is 0 Å². The Hall–Kier alpha value is -1.06. The summed E-state index contributed by atoms with van der Waals surface area (Å²) in [5.74, 6) is 0.275. The summed E-state index contributed by atoms with van der Waals surface area (Å²) in [6.45, 7) is 8.59. The van der Waals surface area contributed by atoms with Crippen molar-refractivity contribution in [1.82, 2.24) is 4.90 Å². The molecule has 0 aromatic rings. The fourth-order valence-corrected chi connectivity index (χ4v) is 0.533. The molecule has 0 heterocycles. The zero-order chi connectivity index (χ0) is 12.4. The molecule has 0 rings (SSSR count). The van der Waals surface area contributed by atoms with Crippen molar-refractivity contribution in [2.75, 3.05) is 20.7 Å². The molecular formula is C13H31NO3. The quantitative estimate of drug-likeness (QED) is 0.568. The summed E-state index contributed by atoms with van der Waals surface area (Å²) in [7, 11) is 3.16. The molecule has 0 aromatic heterocycles. The summed E-state index contributed by atoms with van der Waals surface area (Å²) in [4.78, 5) is 22.0. The number of amides is 1. The SMILES string of the molecule is C.C.CCN(C)C=O.COC(=O)C(C)C(C)C. The van der Waals surface area contributed by atoms with Crippen LogP contribution in [0.25, 0.3) is 0 Å². The highest BCUT2D eigenvalue weighted by Crippen LogP contribution is 2.10. The Morgan fingerprint density at radius 1 is 1.29 bits per heavy atom. The van der Waals surface area contributed by atoms with Crippen molar-refractivity contribution < 1.29 is 14.3 Å². The highest BCUT2D eigenvalue weighted by Gasteiger charge is 2.15. The number of esters is 1. The van der Waals surface area contributed by atoms with Gasteiger partial charge in [-0.3, -0.25) is 9.59 Å². The predicted octanol–water partition coefficient (Wildman–Crippen LogP) is 2.82. The second-order valence-electron chi connectivity index (χ2n) is 3.73. The second kappa shape index (κ2) is 14.9. The largest absolute Gasteiger partial charge is 0.469 e. The Kier molecular flexibility index (Phi) is 21.9. The number of hydrogen-bond donors (Lipinski definition) is 0. The molecular weight excluding hydrogens is 218 g/mol. The average molecular weight is 249 g/mol. The maximum atomic E-state index is 10.7. The Morgan fingerprint density at radius 3 is 1.76 bits per heavy atom. The fraction of sp³-hybridized carbons (Fsp3) is 0.846. The van der Waals surface area contributed by atoms with E-state index in [0.29, 0.717) is 5.92 Å². The molecule has 0 aromatic carbocycles. The van der Waals surface area contributed by atoms with Gasteiger partial charge in [-0.25, -0.2) is 0 Å². The van der Waals surface area contributed by atoms with Crippen LogP contribution in [-0.4, -0.2) is 38.0 Å². The van der Waals surface area contributed by atoms with E-state index in [1.54, 1.807) is 11.9 Å². The van der Waals surface area contributed by atoms with E-state index in [4.69, 9.17) is 0 Å². The smallest absolute Gasteiger partial charge is 0.308 e. The number of nitrogens with zero attached hydrogens (tertiary/aromatic N) is 1. The van der Waals surface area contributed by atoms with Gasteiger partial charge in [-0.15, -0.1) is 0 Å². The normalized spacial score (nSPS) is 9.82. The maximum absolute atomic E-state index is 10.7. The molecule has 0 fully saturated rings. The third-order valence-corrected chi connectivity index (χ3v) is 2.25. The van der Waals surface area contributed by atoms with E-state index in [9.17, 15) is 9.59 Å². The second-order valence-corrected chi connectivity index (χ2v) is 3.73. The summed E-state index contributed by atoms with van der Waals surface area (Å²) >= 11 is 0. The van der Waals surface area contributed by atoms with Crippen LogP contribution in [-0.2, 0) is 14.3 Å². The number of hydrogen-bond acceptors (Lipinski definition) is 3. The molecule has 0 bridgehead atoms. The van der Waals surface area contributed by atoms with Crippen LogP contribution in [0.4, 0.5) is 0 Å². The van der Waals surface area contributed by atoms with Crippen LogP contribution in [0.3, 0.4) is 0 Å². The molecule has 1 amide bonds. The van der Waals surface area contributed by atoms with Crippen LogP contribution in [0.2, 0.25) is 0 Å². The summed E-state index contributed by atoms with van der Waals surface area (Å²) in [6, 6.07) is 0. The van der Waals surface area contributed by atoms with Gasteiger partial charge in [0.05, 0.1) is 13.0 Å². The highest BCUT2D eigenvalue weighted by molar-refractivity contribution is 5.71. The maximum Gasteiger partial charge on any atom is 0.308 e. The first-order chi connectivity index (χ1) is 6.90. The minimum absolute atomic E-state index is 0. The molecule has 0 spiro atoms. The third kappa shape index (κ3) is 14.9. The van der Waals surface area contributed by atoms with Crippen LogP contribution >= 0.6 is 0 Å². The van der Waals surface area contributed by atoms with Gasteiger partial charge in [0.25, 0.3) is 0 Å². The Bertz CT molecular complexity index is 182. The molecule has 4 heteroatoms. The summed E-state index contributed by atoms with van der Waals surface area (Å²) < 4.78 is 4.53. The van der Waals surface area contributed by atoms with Gasteiger partial charge in [0.1, 0.15) is 0 Å². The molecule has 17 heavy (non-hydrogen) atoms. The number of ether oxygens (including phenoxy) is 1. The third-order valence-electron chi connectivity index (χ3n) is 2.25. The van der Waals surface area contributed by atoms with Crippen molar-refractivity contribution in [1.29, 1.82) is 0 Å². The van der Waals surface area contributed by atoms with E-state index < -0.39 is 0 Å². The van der Waals surface area contributed by atoms with Gasteiger partial charge in [0, 0.05) is 13.6 Å². The van der Waals surface area contributed by atoms with Crippen LogP contribution in [0.5, 0.6) is 0 Å². The molecule has 4 nitrogen and oxygen atoms in total. The lowest BCUT2D eigenvalue weighted by molar-refractivity contribution is -0.146. The van der Waals surface area contributed by atoms with Gasteiger partial charge in [-0.1, -0.05) is 35.6 Å². The van der Waals surface area contributed by atoms with Crippen LogP contribution in [0.15, 0.2) is 0 Å². The first-order valence-corrected chi connectivity index (χ1v) is 5.14. The Morgan fingerprint density at radius 2 is 1.71 bits per heavy atom. The van der Waals surface area contributed by atoms with Crippen molar-refractivity contribution in [3.8, 4) is 0 Å². The van der Waals surface area contributed by atoms with Crippen molar-refractivity contribution in [2.24, 2.45) is 11.8 Å². The van der Waals surface area contributed by atoms with Gasteiger partial charge in [-0.05, 0) is 12.8 Å². The summed E-state index contributed by atoms with van der Waals surface area (Å²) in [5.41, 5.74) is 0. The molecule has 0 aliphatic heterocycles. The van der Waals surface area contributed by atoms with Crippen LogP contribution in [0.1, 0.15) is 42.5 Å². The van der Waals surface area contributed by atoms with Gasteiger partial charge < -0.3 is 9.64 Å². The van der Waals surface area contributed by atoms with Crippen molar-refractivity contribution in [2.45, 2.75) is 42.5 Å². The summed E-state index contributed by atoms with van der Waals surface area (Å²) in [6.07, 6.45) is 0.806. The molecule has 0 aliphatic rings. The lowest BCUT2D eigenvalue weighted by Gasteiger charge is -2.11. The Labute approximate surface area is 107 Å². The standard InChI is InChI=1S/C7H14O2.C4H9NO.2CH4/c1-5(2)6(3)7(8)9-4;1-3-5(2)4-6;;/h5-6H,1-4H3;4H,3H2,1-2H3;2*1H4. The van der Waals surface area contributed by atoms with E-state index in [1.807, 2.05) is 27.7 Å². The van der Waals surface area contributed by atoms with Gasteiger partial charge >= 0.3 is 5.97 Å². The zero-order valence-corrected chi connectivity index (χ0v) is 10.6. The molecule has 0 radical (unpaired) electrons. The van der Waals surface area contributed by atoms with E-state index in [1.165, 1.54) is 7.11 Å². The molecule has 0 aliphatic carbocycles. The Balaban J connectivity index is -0.0000000945. The molecule has 0 N–H and O–H groups in total. The topological polar surface area (TPSA) is 46.6 Å². The van der Waals surface area contributed by atoms with E-state index in [2.05, 4.69) is 4.74 Å². The van der Waals surface area contributed by atoms with Crippen LogP contribution < -0.4 is 0 Å². The van der Waals surface area contributed by atoms with Gasteiger partial charge in [-0.2, -0.15) is 0 Å². The fourth-order valence-electron chi connectivity index (χ4n) is 0.533. The molecule has 1 atom stereocenters. The van der Waals surface area contributed by atoms with Crippen LogP contribution in [0, 0.1) is 11.8 Å². The molecule has 1 unspecified atom stereocenters. The van der Waals surface area contributed by atoms with E-state index >= 15 is 0 Å². The lowest BCUT2D eigenvalue weighted by Crippen LogP contribution is -2.17. The predicted molar refractivity (Wildman–Crippen MR) is 73.8 cm³/mol. The molecule has 0 saturated carbocycles. The first kappa shape index (κ1) is 25.0. The van der Waals surface area contributed by atoms with Crippen molar-refractivity contribution in [3.63, 3.8) is 0 Å². The van der Waals surface area contributed by atoms with Crippen molar-refractivity contribution >= 4 is 12.4 Å². The monoisotopic (exact) mass is 249 g/mol. The van der Waals surface area contributed by atoms with E-state index in [0.717, 1.165) is 13.0 Å². The minimum atomic E-state index is -0.120. The first-order valence-electron chi connectivity index (χ1n) is 5.14. The summed E-state index contributed by atoms with van der Waals surface area (Å²) in [5, 5.41) is 0. The van der Waals surface area contributed by atoms with Crippen molar-refractivity contribution in [3.05, 3.63) is 0 Å². The number of methoxy groups -OCH3 is 1. The average Bonchev–Trinajstić information content (AvgIpc) is 2.26. The minimum Gasteiger partial charge on any atom is -0.469 e. The number of rotatable bonds is 4. The molecule has 0 saturated heterocycles. The number of carbonyl (C=O) groups is 2. The van der Waals surface area contributed by atoms with E-state index in [-0.39, 0.29) is 26.7 Å².